The second-order valence-corrected chi connectivity index (χ2v) is 6.23. The fourth-order valence-corrected chi connectivity index (χ4v) is 2.93. The van der Waals surface area contributed by atoms with Gasteiger partial charge in [0.15, 0.2) is 0 Å². The van der Waals surface area contributed by atoms with E-state index in [2.05, 4.69) is 0 Å². The average molecular weight is 355 g/mol. The number of benzene rings is 1. The Morgan fingerprint density at radius 3 is 2.50 bits per heavy atom. The van der Waals surface area contributed by atoms with E-state index >= 15 is 0 Å². The highest BCUT2D eigenvalue weighted by Crippen LogP contribution is 2.15. The van der Waals surface area contributed by atoms with Crippen molar-refractivity contribution in [2.24, 2.45) is 7.05 Å². The highest BCUT2D eigenvalue weighted by atomic mass is 16.5. The number of methoxy groups -OCH3 is 1. The molecule has 0 unspecified atom stereocenters. The van der Waals surface area contributed by atoms with E-state index in [9.17, 15) is 14.4 Å². The van der Waals surface area contributed by atoms with Crippen molar-refractivity contribution in [3.05, 3.63) is 64.1 Å². The smallest absolute Gasteiger partial charge is 0.263 e. The first kappa shape index (κ1) is 17.7. The molecule has 1 saturated heterocycles. The molecule has 2 heterocycles. The Morgan fingerprint density at radius 2 is 1.85 bits per heavy atom. The van der Waals surface area contributed by atoms with Crippen LogP contribution in [0.25, 0.3) is 0 Å². The third kappa shape index (κ3) is 3.61. The molecule has 1 fully saturated rings. The Labute approximate surface area is 151 Å². The highest BCUT2D eigenvalue weighted by molar-refractivity contribution is 5.96. The molecule has 3 rings (SSSR count). The Bertz CT molecular complexity index is 873. The summed E-state index contributed by atoms with van der Waals surface area (Å²) in [5.41, 5.74) is 0.730. The van der Waals surface area contributed by atoms with Gasteiger partial charge in [-0.05, 0) is 29.8 Å². The molecule has 7 nitrogen and oxygen atoms in total. The molecule has 1 aliphatic rings. The lowest BCUT2D eigenvalue weighted by molar-refractivity contribution is -0.135. The predicted octanol–water partition coefficient (Wildman–Crippen LogP) is 0.879. The van der Waals surface area contributed by atoms with Gasteiger partial charge in [-0.25, -0.2) is 0 Å². The van der Waals surface area contributed by atoms with Crippen molar-refractivity contribution >= 4 is 11.8 Å². The summed E-state index contributed by atoms with van der Waals surface area (Å²) in [7, 11) is 3.20. The minimum atomic E-state index is -0.399. The second-order valence-electron chi connectivity index (χ2n) is 6.23. The van der Waals surface area contributed by atoms with Crippen molar-refractivity contribution in [2.45, 2.75) is 6.54 Å². The normalized spacial score (nSPS) is 14.5. The number of nitrogens with zero attached hydrogens (tertiary/aromatic N) is 3. The lowest BCUT2D eigenvalue weighted by atomic mass is 10.1. The van der Waals surface area contributed by atoms with Crippen molar-refractivity contribution in [3.8, 4) is 5.75 Å². The number of ether oxygens (including phenoxy) is 1. The van der Waals surface area contributed by atoms with Crippen molar-refractivity contribution in [3.63, 3.8) is 0 Å². The zero-order chi connectivity index (χ0) is 18.7. The molecule has 0 N–H and O–H groups in total. The molecule has 0 atom stereocenters. The van der Waals surface area contributed by atoms with E-state index in [1.165, 1.54) is 15.5 Å². The summed E-state index contributed by atoms with van der Waals surface area (Å²) >= 11 is 0. The fraction of sp³-hybridized carbons (Fsp3) is 0.316. The summed E-state index contributed by atoms with van der Waals surface area (Å²) in [5.74, 6) is 0.233. The number of piperazine rings is 1. The van der Waals surface area contributed by atoms with Crippen LogP contribution in [0.2, 0.25) is 0 Å². The molecule has 26 heavy (non-hydrogen) atoms. The van der Waals surface area contributed by atoms with Gasteiger partial charge in [0.05, 0.1) is 7.11 Å². The maximum atomic E-state index is 12.6. The Kier molecular flexibility index (Phi) is 5.06. The standard InChI is InChI=1S/C19H21N3O4/c1-20-9-3-4-16(18(20)24)19(25)22-11-10-21(17(23)13-22)12-14-5-7-15(26-2)8-6-14/h3-9H,10-13H2,1-2H3. The summed E-state index contributed by atoms with van der Waals surface area (Å²) in [4.78, 5) is 40.3. The van der Waals surface area contributed by atoms with Gasteiger partial charge in [-0.15, -0.1) is 0 Å². The molecule has 7 heteroatoms. The quantitative estimate of drug-likeness (QED) is 0.816. The lowest BCUT2D eigenvalue weighted by Crippen LogP contribution is -2.52. The minimum absolute atomic E-state index is 0.0208. The van der Waals surface area contributed by atoms with Gasteiger partial charge in [0.2, 0.25) is 5.91 Å². The van der Waals surface area contributed by atoms with Crippen molar-refractivity contribution in [1.82, 2.24) is 14.4 Å². The first-order valence-corrected chi connectivity index (χ1v) is 8.35. The number of carbonyl (C=O) groups excluding carboxylic acids is 2. The summed E-state index contributed by atoms with van der Waals surface area (Å²) < 4.78 is 6.48. The number of amides is 2. The van der Waals surface area contributed by atoms with E-state index in [-0.39, 0.29) is 23.6 Å². The topological polar surface area (TPSA) is 71.8 Å². The van der Waals surface area contributed by atoms with E-state index in [0.29, 0.717) is 19.6 Å². The zero-order valence-electron chi connectivity index (χ0n) is 14.8. The zero-order valence-corrected chi connectivity index (χ0v) is 14.8. The van der Waals surface area contributed by atoms with Crippen LogP contribution in [0.1, 0.15) is 15.9 Å². The van der Waals surface area contributed by atoms with E-state index in [4.69, 9.17) is 4.74 Å². The van der Waals surface area contributed by atoms with Crippen LogP contribution in [0.15, 0.2) is 47.4 Å². The SMILES string of the molecule is COc1ccc(CN2CCN(C(=O)c3cccn(C)c3=O)CC2=O)cc1. The van der Waals surface area contributed by atoms with Crippen LogP contribution >= 0.6 is 0 Å². The number of hydrogen-bond acceptors (Lipinski definition) is 4. The molecular formula is C19H21N3O4. The number of aryl methyl sites for hydroxylation is 1. The van der Waals surface area contributed by atoms with E-state index < -0.39 is 5.91 Å². The molecule has 136 valence electrons. The van der Waals surface area contributed by atoms with Crippen LogP contribution in [0, 0.1) is 0 Å². The second kappa shape index (κ2) is 7.43. The maximum absolute atomic E-state index is 12.6. The number of aromatic nitrogens is 1. The molecule has 0 bridgehead atoms. The molecule has 1 aliphatic heterocycles. The van der Waals surface area contributed by atoms with E-state index in [1.807, 2.05) is 24.3 Å². The van der Waals surface area contributed by atoms with Crippen LogP contribution in [-0.4, -0.2) is 52.9 Å². The number of rotatable bonds is 4. The summed E-state index contributed by atoms with van der Waals surface area (Å²) in [6.45, 7) is 1.30. The van der Waals surface area contributed by atoms with Gasteiger partial charge in [-0.1, -0.05) is 12.1 Å². The monoisotopic (exact) mass is 355 g/mol. The maximum Gasteiger partial charge on any atom is 0.263 e. The Hall–Kier alpha value is -3.09. The molecule has 1 aromatic heterocycles. The summed E-state index contributed by atoms with van der Waals surface area (Å²) in [5, 5.41) is 0. The van der Waals surface area contributed by atoms with Crippen LogP contribution in [0.3, 0.4) is 0 Å². The molecule has 2 amide bonds. The van der Waals surface area contributed by atoms with Gasteiger partial charge in [-0.2, -0.15) is 0 Å². The van der Waals surface area contributed by atoms with E-state index in [0.717, 1.165) is 11.3 Å². The first-order chi connectivity index (χ1) is 12.5. The van der Waals surface area contributed by atoms with E-state index in [1.54, 1.807) is 31.3 Å². The van der Waals surface area contributed by atoms with Crippen LogP contribution in [-0.2, 0) is 18.4 Å². The van der Waals surface area contributed by atoms with Crippen molar-refractivity contribution in [1.29, 1.82) is 0 Å². The van der Waals surface area contributed by atoms with Crippen LogP contribution in [0.4, 0.5) is 0 Å². The Balaban J connectivity index is 1.66. The molecule has 1 aromatic carbocycles. The average Bonchev–Trinajstić information content (AvgIpc) is 2.65. The van der Waals surface area contributed by atoms with Gasteiger partial charge >= 0.3 is 0 Å². The highest BCUT2D eigenvalue weighted by Gasteiger charge is 2.28. The van der Waals surface area contributed by atoms with Crippen molar-refractivity contribution in [2.75, 3.05) is 26.7 Å². The van der Waals surface area contributed by atoms with Gasteiger partial charge < -0.3 is 19.1 Å². The fourth-order valence-electron chi connectivity index (χ4n) is 2.93. The van der Waals surface area contributed by atoms with Gasteiger partial charge in [-0.3, -0.25) is 14.4 Å². The third-order valence-electron chi connectivity index (χ3n) is 4.49. The molecule has 0 aliphatic carbocycles. The largest absolute Gasteiger partial charge is 0.497 e. The molecule has 0 spiro atoms. The predicted molar refractivity (Wildman–Crippen MR) is 96.0 cm³/mol. The summed E-state index contributed by atoms with van der Waals surface area (Å²) in [6, 6.07) is 10.7. The van der Waals surface area contributed by atoms with Crippen LogP contribution < -0.4 is 10.3 Å². The van der Waals surface area contributed by atoms with Gasteiger partial charge in [0.25, 0.3) is 11.5 Å². The number of carbonyl (C=O) groups is 2. The molecule has 0 radical (unpaired) electrons. The van der Waals surface area contributed by atoms with Gasteiger partial charge in [0, 0.05) is 32.9 Å². The van der Waals surface area contributed by atoms with Crippen LogP contribution in [0.5, 0.6) is 5.75 Å². The molecule has 0 saturated carbocycles. The Morgan fingerprint density at radius 1 is 1.12 bits per heavy atom. The lowest BCUT2D eigenvalue weighted by Gasteiger charge is -2.34. The van der Waals surface area contributed by atoms with Gasteiger partial charge in [0.1, 0.15) is 17.9 Å². The molecule has 2 aromatic rings. The summed E-state index contributed by atoms with van der Waals surface area (Å²) in [6.07, 6.45) is 1.59. The number of hydrogen-bond donors (Lipinski definition) is 0. The third-order valence-corrected chi connectivity index (χ3v) is 4.49. The minimum Gasteiger partial charge on any atom is -0.497 e. The van der Waals surface area contributed by atoms with Crippen molar-refractivity contribution < 1.29 is 14.3 Å². The first-order valence-electron chi connectivity index (χ1n) is 8.35. The molecular weight excluding hydrogens is 334 g/mol. The number of pyridine rings is 1.